The van der Waals surface area contributed by atoms with Gasteiger partial charge in [0.25, 0.3) is 5.91 Å². The summed E-state index contributed by atoms with van der Waals surface area (Å²) < 4.78 is 45.6. The van der Waals surface area contributed by atoms with Crippen LogP contribution in [0.2, 0.25) is 5.02 Å². The standard InChI is InChI=1S/C23H11BrClF3N2O4S2/c24-15-7-6-14(11-16(15)25)29-21(31)20(36-22(29)35)9-12-3-1-2-4-18(12)34-19-8-5-13(23(26,27)28)10-17(19)30(32)33/h1-11H/b20-9+. The molecule has 0 spiro atoms. The van der Waals surface area contributed by atoms with Gasteiger partial charge in [-0.1, -0.05) is 53.8 Å². The fourth-order valence-corrected chi connectivity index (χ4v) is 4.90. The van der Waals surface area contributed by atoms with Crippen molar-refractivity contribution in [1.29, 1.82) is 0 Å². The Balaban J connectivity index is 1.67. The zero-order valence-corrected chi connectivity index (χ0v) is 21.6. The first-order chi connectivity index (χ1) is 17.0. The summed E-state index contributed by atoms with van der Waals surface area (Å²) in [6.07, 6.45) is -3.26. The average molecular weight is 616 g/mol. The lowest BCUT2D eigenvalue weighted by molar-refractivity contribution is -0.385. The van der Waals surface area contributed by atoms with Crippen molar-refractivity contribution < 1.29 is 27.6 Å². The zero-order chi connectivity index (χ0) is 26.2. The quantitative estimate of drug-likeness (QED) is 0.125. The topological polar surface area (TPSA) is 72.7 Å². The molecule has 0 N–H and O–H groups in total. The number of rotatable bonds is 5. The van der Waals surface area contributed by atoms with Crippen LogP contribution in [0.25, 0.3) is 6.08 Å². The molecule has 0 aliphatic carbocycles. The number of nitro groups is 1. The number of hydrogen-bond donors (Lipinski definition) is 0. The normalized spacial score (nSPS) is 15.0. The Hall–Kier alpha value is -2.93. The molecule has 1 heterocycles. The van der Waals surface area contributed by atoms with Gasteiger partial charge in [-0.15, -0.1) is 0 Å². The van der Waals surface area contributed by atoms with Crippen LogP contribution in [0.3, 0.4) is 0 Å². The Kier molecular flexibility index (Phi) is 7.41. The van der Waals surface area contributed by atoms with Crippen LogP contribution in [0.1, 0.15) is 11.1 Å². The second kappa shape index (κ2) is 10.2. The number of thioether (sulfide) groups is 1. The molecule has 0 aromatic heterocycles. The van der Waals surface area contributed by atoms with Crippen molar-refractivity contribution in [2.24, 2.45) is 0 Å². The molecule has 0 bridgehead atoms. The van der Waals surface area contributed by atoms with E-state index in [9.17, 15) is 28.1 Å². The number of nitrogens with zero attached hydrogens (tertiary/aromatic N) is 2. The second-order valence-electron chi connectivity index (χ2n) is 7.19. The maximum absolute atomic E-state index is 13.1. The molecule has 13 heteroatoms. The molecular weight excluding hydrogens is 605 g/mol. The van der Waals surface area contributed by atoms with E-state index in [-0.39, 0.29) is 20.7 Å². The molecule has 3 aromatic carbocycles. The van der Waals surface area contributed by atoms with Crippen LogP contribution in [0.5, 0.6) is 11.5 Å². The monoisotopic (exact) mass is 614 g/mol. The fourth-order valence-electron chi connectivity index (χ4n) is 3.19. The number of carbonyl (C=O) groups is 1. The largest absolute Gasteiger partial charge is 0.449 e. The smallest absolute Gasteiger partial charge is 0.416 e. The number of carbonyl (C=O) groups excluding carboxylic acids is 1. The summed E-state index contributed by atoms with van der Waals surface area (Å²) in [5, 5.41) is 11.8. The van der Waals surface area contributed by atoms with Gasteiger partial charge in [-0.3, -0.25) is 19.8 Å². The Bertz CT molecular complexity index is 1450. The van der Waals surface area contributed by atoms with E-state index in [1.807, 2.05) is 0 Å². The van der Waals surface area contributed by atoms with E-state index in [2.05, 4.69) is 15.9 Å². The number of benzene rings is 3. The molecule has 0 saturated carbocycles. The third kappa shape index (κ3) is 5.41. The number of alkyl halides is 3. The Labute approximate surface area is 225 Å². The molecular formula is C23H11BrClF3N2O4S2. The van der Waals surface area contributed by atoms with Gasteiger partial charge in [0.2, 0.25) is 5.75 Å². The summed E-state index contributed by atoms with van der Waals surface area (Å²) in [4.78, 5) is 25.1. The molecule has 1 saturated heterocycles. The maximum atomic E-state index is 13.1. The summed E-state index contributed by atoms with van der Waals surface area (Å²) >= 11 is 15.8. The minimum absolute atomic E-state index is 0.0947. The van der Waals surface area contributed by atoms with Crippen molar-refractivity contribution in [3.05, 3.63) is 96.3 Å². The number of ether oxygens (including phenoxy) is 1. The van der Waals surface area contributed by atoms with Gasteiger partial charge in [-0.25, -0.2) is 0 Å². The van der Waals surface area contributed by atoms with E-state index >= 15 is 0 Å². The Morgan fingerprint density at radius 1 is 1.11 bits per heavy atom. The van der Waals surface area contributed by atoms with Gasteiger partial charge in [0.1, 0.15) is 5.75 Å². The average Bonchev–Trinajstić information content (AvgIpc) is 3.09. The molecule has 0 atom stereocenters. The third-order valence-electron chi connectivity index (χ3n) is 4.86. The molecule has 0 radical (unpaired) electrons. The molecule has 4 rings (SSSR count). The van der Waals surface area contributed by atoms with Gasteiger partial charge in [0, 0.05) is 16.1 Å². The first-order valence-corrected chi connectivity index (χ1v) is 12.2. The van der Waals surface area contributed by atoms with Crippen molar-refractivity contribution in [2.75, 3.05) is 4.90 Å². The van der Waals surface area contributed by atoms with Crippen LogP contribution >= 0.6 is 51.5 Å². The fraction of sp³-hybridized carbons (Fsp3) is 0.0435. The van der Waals surface area contributed by atoms with Crippen LogP contribution in [-0.4, -0.2) is 15.2 Å². The van der Waals surface area contributed by atoms with Gasteiger partial charge in [0.15, 0.2) is 4.32 Å². The molecule has 1 aliphatic rings. The third-order valence-corrected chi connectivity index (χ3v) is 7.40. The molecule has 184 valence electrons. The van der Waals surface area contributed by atoms with Crippen molar-refractivity contribution >= 4 is 79.2 Å². The number of amides is 1. The summed E-state index contributed by atoms with van der Waals surface area (Å²) in [6.45, 7) is 0. The predicted molar refractivity (Wildman–Crippen MR) is 139 cm³/mol. The Morgan fingerprint density at radius 3 is 2.50 bits per heavy atom. The van der Waals surface area contributed by atoms with Gasteiger partial charge in [0.05, 0.1) is 26.1 Å². The molecule has 36 heavy (non-hydrogen) atoms. The number of halogens is 5. The van der Waals surface area contributed by atoms with Crippen LogP contribution < -0.4 is 9.64 Å². The van der Waals surface area contributed by atoms with Crippen molar-refractivity contribution in [1.82, 2.24) is 0 Å². The summed E-state index contributed by atoms with van der Waals surface area (Å²) in [7, 11) is 0. The highest BCUT2D eigenvalue weighted by Gasteiger charge is 2.35. The molecule has 0 unspecified atom stereocenters. The van der Waals surface area contributed by atoms with Gasteiger partial charge in [-0.2, -0.15) is 13.2 Å². The van der Waals surface area contributed by atoms with Gasteiger partial charge in [-0.05, 0) is 58.4 Å². The number of nitro benzene ring substituents is 1. The van der Waals surface area contributed by atoms with E-state index in [4.69, 9.17) is 28.6 Å². The lowest BCUT2D eigenvalue weighted by Crippen LogP contribution is -2.27. The molecule has 1 aliphatic heterocycles. The van der Waals surface area contributed by atoms with Gasteiger partial charge < -0.3 is 4.74 Å². The van der Waals surface area contributed by atoms with E-state index in [0.717, 1.165) is 17.8 Å². The zero-order valence-electron chi connectivity index (χ0n) is 17.6. The highest BCUT2D eigenvalue weighted by Crippen LogP contribution is 2.41. The molecule has 1 fully saturated rings. The highest BCUT2D eigenvalue weighted by molar-refractivity contribution is 9.10. The molecule has 6 nitrogen and oxygen atoms in total. The van der Waals surface area contributed by atoms with Crippen LogP contribution in [0, 0.1) is 10.1 Å². The van der Waals surface area contributed by atoms with E-state index in [1.165, 1.54) is 17.0 Å². The first kappa shape index (κ1) is 26.1. The molecule has 3 aromatic rings. The van der Waals surface area contributed by atoms with Crippen LogP contribution in [-0.2, 0) is 11.0 Å². The summed E-state index contributed by atoms with van der Waals surface area (Å²) in [6, 6.07) is 13.2. The number of para-hydroxylation sites is 1. The van der Waals surface area contributed by atoms with E-state index in [1.54, 1.807) is 36.4 Å². The highest BCUT2D eigenvalue weighted by atomic mass is 79.9. The number of hydrogen-bond acceptors (Lipinski definition) is 6. The molecule has 1 amide bonds. The second-order valence-corrected chi connectivity index (χ2v) is 10.1. The first-order valence-electron chi connectivity index (χ1n) is 9.81. The number of thiocarbonyl (C=S) groups is 1. The van der Waals surface area contributed by atoms with Crippen molar-refractivity contribution in [3.63, 3.8) is 0 Å². The SMILES string of the molecule is O=C1/C(=C\c2ccccc2Oc2ccc(C(F)(F)F)cc2[N+](=O)[O-])SC(=S)N1c1ccc(Br)c(Cl)c1. The minimum atomic E-state index is -4.75. The maximum Gasteiger partial charge on any atom is 0.416 e. The van der Waals surface area contributed by atoms with Crippen LogP contribution in [0.15, 0.2) is 70.0 Å². The van der Waals surface area contributed by atoms with Gasteiger partial charge >= 0.3 is 11.9 Å². The lowest BCUT2D eigenvalue weighted by atomic mass is 10.1. The van der Waals surface area contributed by atoms with Crippen molar-refractivity contribution in [3.8, 4) is 11.5 Å². The summed E-state index contributed by atoms with van der Waals surface area (Å²) in [5.74, 6) is -0.707. The summed E-state index contributed by atoms with van der Waals surface area (Å²) in [5.41, 5.74) is -1.19. The number of anilines is 1. The van der Waals surface area contributed by atoms with Crippen molar-refractivity contribution in [2.45, 2.75) is 6.18 Å². The van der Waals surface area contributed by atoms with E-state index in [0.29, 0.717) is 32.9 Å². The Morgan fingerprint density at radius 2 is 1.83 bits per heavy atom. The minimum Gasteiger partial charge on any atom is -0.449 e. The van der Waals surface area contributed by atoms with Crippen LogP contribution in [0.4, 0.5) is 24.5 Å². The van der Waals surface area contributed by atoms with E-state index < -0.39 is 28.3 Å². The lowest BCUT2D eigenvalue weighted by Gasteiger charge is -2.15. The predicted octanol–water partition coefficient (Wildman–Crippen LogP) is 8.23.